The molecule has 1 aliphatic heterocycles. The third-order valence-electron chi connectivity index (χ3n) is 5.92. The molecule has 3 heterocycles. The van der Waals surface area contributed by atoms with Crippen LogP contribution in [0.25, 0.3) is 11.0 Å². The lowest BCUT2D eigenvalue weighted by Crippen LogP contribution is -2.35. The molecule has 1 saturated heterocycles. The van der Waals surface area contributed by atoms with E-state index in [0.717, 1.165) is 30.3 Å². The highest BCUT2D eigenvalue weighted by Crippen LogP contribution is 2.25. The topological polar surface area (TPSA) is 100 Å². The minimum absolute atomic E-state index is 0.163. The number of aryl methyl sites for hydroxylation is 1. The van der Waals surface area contributed by atoms with Crippen molar-refractivity contribution in [3.63, 3.8) is 0 Å². The van der Waals surface area contributed by atoms with E-state index in [4.69, 9.17) is 0 Å². The molecular weight excluding hydrogens is 426 g/mol. The Bertz CT molecular complexity index is 1170. The summed E-state index contributed by atoms with van der Waals surface area (Å²) in [5.41, 5.74) is 2.07. The number of H-pyrrole nitrogens is 1. The molecule has 1 aromatic carbocycles. The van der Waals surface area contributed by atoms with E-state index in [0.29, 0.717) is 36.9 Å². The molecule has 1 atom stereocenters. The Morgan fingerprint density at radius 2 is 1.91 bits per heavy atom. The Morgan fingerprint density at radius 1 is 1.19 bits per heavy atom. The van der Waals surface area contributed by atoms with Crippen molar-refractivity contribution in [2.75, 3.05) is 13.1 Å². The summed E-state index contributed by atoms with van der Waals surface area (Å²) in [4.78, 5) is 21.3. The van der Waals surface area contributed by atoms with Gasteiger partial charge in [0.1, 0.15) is 16.4 Å². The maximum atomic E-state index is 13.2. The second kappa shape index (κ2) is 9.07. The predicted octanol–water partition coefficient (Wildman–Crippen LogP) is 3.59. The van der Waals surface area contributed by atoms with Crippen LogP contribution in [0.5, 0.6) is 0 Å². The average Bonchev–Trinajstić information content (AvgIpc) is 3.37. The molecule has 1 aliphatic rings. The molecule has 0 radical (unpaired) electrons. The molecule has 0 bridgehead atoms. The molecule has 4 rings (SSSR count). The second-order valence-electron chi connectivity index (χ2n) is 8.93. The Hall–Kier alpha value is -2.65. The minimum Gasteiger partial charge on any atom is -0.345 e. The molecule has 172 valence electrons. The van der Waals surface area contributed by atoms with Crippen molar-refractivity contribution in [3.8, 4) is 0 Å². The van der Waals surface area contributed by atoms with Crippen LogP contribution in [-0.2, 0) is 17.1 Å². The fourth-order valence-corrected chi connectivity index (χ4v) is 5.82. The highest BCUT2D eigenvalue weighted by atomic mass is 32.2. The van der Waals surface area contributed by atoms with Crippen molar-refractivity contribution in [1.29, 1.82) is 0 Å². The molecule has 32 heavy (non-hydrogen) atoms. The van der Waals surface area contributed by atoms with E-state index in [-0.39, 0.29) is 16.8 Å². The van der Waals surface area contributed by atoms with Gasteiger partial charge in [0.25, 0.3) is 5.91 Å². The Kier molecular flexibility index (Phi) is 6.39. The Balaban J connectivity index is 1.58. The number of para-hydroxylation sites is 2. The molecule has 0 aliphatic carbocycles. The SMILES string of the molecule is CC(C)CC(NC(=O)c1cc(S(=O)(=O)N2CCCCC2)cn1C)c1nc2ccccc2[nH]1. The van der Waals surface area contributed by atoms with Crippen LogP contribution in [0.1, 0.15) is 61.9 Å². The van der Waals surface area contributed by atoms with Gasteiger partial charge in [-0.25, -0.2) is 13.4 Å². The summed E-state index contributed by atoms with van der Waals surface area (Å²) in [7, 11) is -1.90. The molecule has 2 aromatic heterocycles. The first-order chi connectivity index (χ1) is 15.3. The first kappa shape index (κ1) is 22.5. The lowest BCUT2D eigenvalue weighted by Gasteiger charge is -2.25. The van der Waals surface area contributed by atoms with E-state index in [1.54, 1.807) is 11.6 Å². The molecule has 9 heteroatoms. The maximum Gasteiger partial charge on any atom is 0.268 e. The Labute approximate surface area is 189 Å². The van der Waals surface area contributed by atoms with Gasteiger partial charge in [0.15, 0.2) is 0 Å². The summed E-state index contributed by atoms with van der Waals surface area (Å²) in [6.07, 6.45) is 5.02. The van der Waals surface area contributed by atoms with E-state index in [9.17, 15) is 13.2 Å². The normalized spacial score (nSPS) is 16.5. The number of carbonyl (C=O) groups is 1. The number of nitrogens with one attached hydrogen (secondary N) is 2. The van der Waals surface area contributed by atoms with Crippen LogP contribution in [0.4, 0.5) is 0 Å². The molecule has 2 N–H and O–H groups in total. The summed E-state index contributed by atoms with van der Waals surface area (Å²) in [5, 5.41) is 3.07. The number of piperidine rings is 1. The van der Waals surface area contributed by atoms with Gasteiger partial charge in [-0.2, -0.15) is 4.31 Å². The fraction of sp³-hybridized carbons (Fsp3) is 0.478. The summed E-state index contributed by atoms with van der Waals surface area (Å²) in [6, 6.07) is 8.91. The van der Waals surface area contributed by atoms with Crippen molar-refractivity contribution in [2.24, 2.45) is 13.0 Å². The van der Waals surface area contributed by atoms with Gasteiger partial charge in [-0.15, -0.1) is 0 Å². The summed E-state index contributed by atoms with van der Waals surface area (Å²) >= 11 is 0. The van der Waals surface area contributed by atoms with Crippen molar-refractivity contribution >= 4 is 27.0 Å². The van der Waals surface area contributed by atoms with Gasteiger partial charge in [-0.05, 0) is 43.4 Å². The van der Waals surface area contributed by atoms with E-state index in [1.807, 2.05) is 24.3 Å². The van der Waals surface area contributed by atoms with Crippen LogP contribution in [0.2, 0.25) is 0 Å². The minimum atomic E-state index is -3.60. The third kappa shape index (κ3) is 4.59. The van der Waals surface area contributed by atoms with Crippen molar-refractivity contribution in [2.45, 2.75) is 50.5 Å². The monoisotopic (exact) mass is 457 g/mol. The van der Waals surface area contributed by atoms with Crippen LogP contribution in [0, 0.1) is 5.92 Å². The zero-order valence-corrected chi connectivity index (χ0v) is 19.7. The van der Waals surface area contributed by atoms with E-state index < -0.39 is 10.0 Å². The van der Waals surface area contributed by atoms with Crippen LogP contribution in [-0.4, -0.2) is 46.3 Å². The van der Waals surface area contributed by atoms with E-state index in [2.05, 4.69) is 29.1 Å². The van der Waals surface area contributed by atoms with Gasteiger partial charge < -0.3 is 14.9 Å². The zero-order chi connectivity index (χ0) is 22.9. The first-order valence-electron chi connectivity index (χ1n) is 11.2. The predicted molar refractivity (Wildman–Crippen MR) is 124 cm³/mol. The number of imidazole rings is 1. The van der Waals surface area contributed by atoms with Crippen LogP contribution < -0.4 is 5.32 Å². The highest BCUT2D eigenvalue weighted by molar-refractivity contribution is 7.89. The summed E-state index contributed by atoms with van der Waals surface area (Å²) in [6.45, 7) is 5.24. The lowest BCUT2D eigenvalue weighted by atomic mass is 10.0. The van der Waals surface area contributed by atoms with Crippen molar-refractivity contribution < 1.29 is 13.2 Å². The quantitative estimate of drug-likeness (QED) is 0.566. The molecule has 1 amide bonds. The number of hydrogen-bond donors (Lipinski definition) is 2. The van der Waals surface area contributed by atoms with Gasteiger partial charge in [0.2, 0.25) is 10.0 Å². The highest BCUT2D eigenvalue weighted by Gasteiger charge is 2.29. The molecular formula is C23H31N5O3S. The molecule has 1 unspecified atom stereocenters. The van der Waals surface area contributed by atoms with Crippen LogP contribution in [0.3, 0.4) is 0 Å². The standard InChI is InChI=1S/C23H31N5O3S/c1-16(2)13-20(22-24-18-9-5-6-10-19(18)25-22)26-23(29)21-14-17(15-27(21)3)32(30,31)28-11-7-4-8-12-28/h5-6,9-10,14-16,20H,4,7-8,11-13H2,1-3H3,(H,24,25)(H,26,29). The van der Waals surface area contributed by atoms with Gasteiger partial charge >= 0.3 is 0 Å². The van der Waals surface area contributed by atoms with Crippen LogP contribution >= 0.6 is 0 Å². The largest absolute Gasteiger partial charge is 0.345 e. The van der Waals surface area contributed by atoms with Crippen molar-refractivity contribution in [1.82, 2.24) is 24.2 Å². The molecule has 3 aromatic rings. The number of amides is 1. The Morgan fingerprint density at radius 3 is 2.59 bits per heavy atom. The average molecular weight is 458 g/mol. The molecule has 8 nitrogen and oxygen atoms in total. The number of fused-ring (bicyclic) bond motifs is 1. The zero-order valence-electron chi connectivity index (χ0n) is 18.8. The number of aromatic amines is 1. The van der Waals surface area contributed by atoms with Gasteiger partial charge in [-0.1, -0.05) is 32.4 Å². The van der Waals surface area contributed by atoms with Crippen molar-refractivity contribution in [3.05, 3.63) is 48.0 Å². The number of sulfonamides is 1. The molecule has 1 fully saturated rings. The smallest absolute Gasteiger partial charge is 0.268 e. The first-order valence-corrected chi connectivity index (χ1v) is 12.6. The number of rotatable bonds is 7. The van der Waals surface area contributed by atoms with Gasteiger partial charge in [-0.3, -0.25) is 4.79 Å². The van der Waals surface area contributed by atoms with Gasteiger partial charge in [0, 0.05) is 26.3 Å². The lowest BCUT2D eigenvalue weighted by molar-refractivity contribution is 0.0922. The number of carbonyl (C=O) groups excluding carboxylic acids is 1. The number of nitrogens with zero attached hydrogens (tertiary/aromatic N) is 3. The fourth-order valence-electron chi connectivity index (χ4n) is 4.24. The van der Waals surface area contributed by atoms with Crippen LogP contribution in [0.15, 0.2) is 41.4 Å². The van der Waals surface area contributed by atoms with E-state index in [1.165, 1.54) is 16.6 Å². The van der Waals surface area contributed by atoms with E-state index >= 15 is 0 Å². The number of aromatic nitrogens is 3. The third-order valence-corrected chi connectivity index (χ3v) is 7.78. The second-order valence-corrected chi connectivity index (χ2v) is 10.9. The number of benzene rings is 1. The molecule has 0 spiro atoms. The van der Waals surface area contributed by atoms with Gasteiger partial charge in [0.05, 0.1) is 17.1 Å². The summed E-state index contributed by atoms with van der Waals surface area (Å²) < 4.78 is 29.2. The summed E-state index contributed by atoms with van der Waals surface area (Å²) in [5.74, 6) is 0.708. The maximum absolute atomic E-state index is 13.2. The molecule has 0 saturated carbocycles. The number of hydrogen-bond acceptors (Lipinski definition) is 4.